The lowest BCUT2D eigenvalue weighted by Crippen LogP contribution is -2.25. The molecule has 1 aliphatic carbocycles. The van der Waals surface area contributed by atoms with Crippen LogP contribution in [-0.4, -0.2) is 15.6 Å². The van der Waals surface area contributed by atoms with Crippen LogP contribution in [0.2, 0.25) is 0 Å². The lowest BCUT2D eigenvalue weighted by Gasteiger charge is -2.15. The third kappa shape index (κ3) is 2.23. The van der Waals surface area contributed by atoms with E-state index in [1.54, 1.807) is 0 Å². The van der Waals surface area contributed by atoms with E-state index in [9.17, 15) is 0 Å². The van der Waals surface area contributed by atoms with Crippen molar-refractivity contribution in [1.82, 2.24) is 9.55 Å². The van der Waals surface area contributed by atoms with Gasteiger partial charge in [0.2, 0.25) is 0 Å². The summed E-state index contributed by atoms with van der Waals surface area (Å²) >= 11 is 0. The monoisotopic (exact) mass is 207 g/mol. The molecule has 1 aliphatic rings. The second-order valence-electron chi connectivity index (χ2n) is 4.75. The highest BCUT2D eigenvalue weighted by Crippen LogP contribution is 2.27. The summed E-state index contributed by atoms with van der Waals surface area (Å²) in [6.45, 7) is 5.27. The molecular formula is C12H21N3. The predicted octanol–water partition coefficient (Wildman–Crippen LogP) is 2.02. The maximum atomic E-state index is 6.06. The van der Waals surface area contributed by atoms with Crippen molar-refractivity contribution in [2.24, 2.45) is 11.7 Å². The highest BCUT2D eigenvalue weighted by molar-refractivity contribution is 5.08. The van der Waals surface area contributed by atoms with Gasteiger partial charge in [-0.05, 0) is 39.0 Å². The van der Waals surface area contributed by atoms with Crippen LogP contribution in [0.3, 0.4) is 0 Å². The predicted molar refractivity (Wildman–Crippen MR) is 61.6 cm³/mol. The average Bonchev–Trinajstić information content (AvgIpc) is 2.74. The highest BCUT2D eigenvalue weighted by atomic mass is 15.0. The van der Waals surface area contributed by atoms with E-state index in [-0.39, 0.29) is 0 Å². The molecule has 15 heavy (non-hydrogen) atoms. The Kier molecular flexibility index (Phi) is 3.10. The zero-order chi connectivity index (χ0) is 10.8. The molecule has 2 rings (SSSR count). The Morgan fingerprint density at radius 3 is 2.80 bits per heavy atom. The SMILES string of the molecule is Cc1ncn(CCC2CCCC2N)c1C. The number of aryl methyl sites for hydroxylation is 2. The van der Waals surface area contributed by atoms with Gasteiger partial charge in [0, 0.05) is 18.3 Å². The molecule has 1 aromatic rings. The molecule has 1 heterocycles. The van der Waals surface area contributed by atoms with E-state index >= 15 is 0 Å². The number of rotatable bonds is 3. The maximum Gasteiger partial charge on any atom is 0.0951 e. The van der Waals surface area contributed by atoms with Gasteiger partial charge in [-0.2, -0.15) is 0 Å². The molecule has 0 saturated heterocycles. The van der Waals surface area contributed by atoms with Crippen LogP contribution in [0.25, 0.3) is 0 Å². The number of nitrogens with zero attached hydrogens (tertiary/aromatic N) is 2. The summed E-state index contributed by atoms with van der Waals surface area (Å²) in [5.41, 5.74) is 8.50. The minimum Gasteiger partial charge on any atom is -0.335 e. The minimum absolute atomic E-state index is 0.440. The first-order chi connectivity index (χ1) is 7.18. The number of hydrogen-bond donors (Lipinski definition) is 1. The summed E-state index contributed by atoms with van der Waals surface area (Å²) in [6, 6.07) is 0.440. The van der Waals surface area contributed by atoms with Gasteiger partial charge in [-0.3, -0.25) is 0 Å². The van der Waals surface area contributed by atoms with Gasteiger partial charge in [0.25, 0.3) is 0 Å². The summed E-state index contributed by atoms with van der Waals surface area (Å²) in [5, 5.41) is 0. The van der Waals surface area contributed by atoms with Crippen LogP contribution in [0.4, 0.5) is 0 Å². The molecular weight excluding hydrogens is 186 g/mol. The molecule has 3 nitrogen and oxygen atoms in total. The van der Waals surface area contributed by atoms with E-state index in [4.69, 9.17) is 5.73 Å². The zero-order valence-corrected chi connectivity index (χ0v) is 9.74. The summed E-state index contributed by atoms with van der Waals surface area (Å²) in [6.07, 6.45) is 7.00. The van der Waals surface area contributed by atoms with Crippen LogP contribution in [0.5, 0.6) is 0 Å². The van der Waals surface area contributed by atoms with Gasteiger partial charge in [-0.15, -0.1) is 0 Å². The first-order valence-corrected chi connectivity index (χ1v) is 5.92. The molecule has 1 aromatic heterocycles. The minimum atomic E-state index is 0.440. The van der Waals surface area contributed by atoms with Crippen LogP contribution in [0.1, 0.15) is 37.1 Å². The fourth-order valence-corrected chi connectivity index (χ4v) is 2.50. The van der Waals surface area contributed by atoms with E-state index in [2.05, 4.69) is 23.4 Å². The lowest BCUT2D eigenvalue weighted by atomic mass is 10.0. The van der Waals surface area contributed by atoms with Gasteiger partial charge in [0.15, 0.2) is 0 Å². The molecule has 3 heteroatoms. The molecule has 1 saturated carbocycles. The van der Waals surface area contributed by atoms with Crippen molar-refractivity contribution in [2.75, 3.05) is 0 Å². The lowest BCUT2D eigenvalue weighted by molar-refractivity contribution is 0.413. The van der Waals surface area contributed by atoms with E-state index in [0.29, 0.717) is 6.04 Å². The Morgan fingerprint density at radius 1 is 1.47 bits per heavy atom. The summed E-state index contributed by atoms with van der Waals surface area (Å²) in [4.78, 5) is 4.31. The van der Waals surface area contributed by atoms with Crippen LogP contribution in [0, 0.1) is 19.8 Å². The molecule has 0 radical (unpaired) electrons. The molecule has 2 atom stereocenters. The first-order valence-electron chi connectivity index (χ1n) is 5.92. The van der Waals surface area contributed by atoms with E-state index in [1.807, 2.05) is 6.33 Å². The van der Waals surface area contributed by atoms with Crippen LogP contribution < -0.4 is 5.73 Å². The Hall–Kier alpha value is -0.830. The van der Waals surface area contributed by atoms with Gasteiger partial charge < -0.3 is 10.3 Å². The van der Waals surface area contributed by atoms with Gasteiger partial charge in [-0.25, -0.2) is 4.98 Å². The Balaban J connectivity index is 1.90. The summed E-state index contributed by atoms with van der Waals surface area (Å²) < 4.78 is 2.25. The second-order valence-corrected chi connectivity index (χ2v) is 4.75. The highest BCUT2D eigenvalue weighted by Gasteiger charge is 2.23. The second kappa shape index (κ2) is 4.35. The fourth-order valence-electron chi connectivity index (χ4n) is 2.50. The zero-order valence-electron chi connectivity index (χ0n) is 9.74. The van der Waals surface area contributed by atoms with Gasteiger partial charge >= 0.3 is 0 Å². The first kappa shape index (κ1) is 10.7. The summed E-state index contributed by atoms with van der Waals surface area (Å²) in [7, 11) is 0. The Bertz CT molecular complexity index is 330. The molecule has 1 fully saturated rings. The standard InChI is InChI=1S/C12H21N3/c1-9-10(2)15(8-14-9)7-6-11-4-3-5-12(11)13/h8,11-12H,3-7,13H2,1-2H3. The summed E-state index contributed by atoms with van der Waals surface area (Å²) in [5.74, 6) is 0.729. The van der Waals surface area contributed by atoms with E-state index < -0.39 is 0 Å². The molecule has 0 aromatic carbocycles. The van der Waals surface area contributed by atoms with Crippen molar-refractivity contribution in [3.8, 4) is 0 Å². The maximum absolute atomic E-state index is 6.06. The molecule has 2 N–H and O–H groups in total. The van der Waals surface area contributed by atoms with Crippen molar-refractivity contribution in [2.45, 2.75) is 52.1 Å². The van der Waals surface area contributed by atoms with Crippen molar-refractivity contribution in [3.63, 3.8) is 0 Å². The van der Waals surface area contributed by atoms with Gasteiger partial charge in [-0.1, -0.05) is 6.42 Å². The third-order valence-electron chi connectivity index (χ3n) is 3.80. The van der Waals surface area contributed by atoms with E-state index in [1.165, 1.54) is 31.4 Å². The van der Waals surface area contributed by atoms with Crippen molar-refractivity contribution < 1.29 is 0 Å². The normalized spacial score (nSPS) is 26.1. The van der Waals surface area contributed by atoms with Crippen LogP contribution >= 0.6 is 0 Å². The van der Waals surface area contributed by atoms with E-state index in [0.717, 1.165) is 18.2 Å². The van der Waals surface area contributed by atoms with Crippen molar-refractivity contribution >= 4 is 0 Å². The van der Waals surface area contributed by atoms with Crippen LogP contribution in [-0.2, 0) is 6.54 Å². The number of nitrogens with two attached hydrogens (primary N) is 1. The number of aromatic nitrogens is 2. The quantitative estimate of drug-likeness (QED) is 0.824. The van der Waals surface area contributed by atoms with Crippen molar-refractivity contribution in [3.05, 3.63) is 17.7 Å². The largest absolute Gasteiger partial charge is 0.335 e. The average molecular weight is 207 g/mol. The van der Waals surface area contributed by atoms with Gasteiger partial charge in [0.1, 0.15) is 0 Å². The van der Waals surface area contributed by atoms with Crippen molar-refractivity contribution in [1.29, 1.82) is 0 Å². The number of imidazole rings is 1. The van der Waals surface area contributed by atoms with Gasteiger partial charge in [0.05, 0.1) is 12.0 Å². The Labute approximate surface area is 91.7 Å². The molecule has 2 unspecified atom stereocenters. The smallest absolute Gasteiger partial charge is 0.0951 e. The third-order valence-corrected chi connectivity index (χ3v) is 3.80. The molecule has 84 valence electrons. The fraction of sp³-hybridized carbons (Fsp3) is 0.750. The molecule has 0 amide bonds. The topological polar surface area (TPSA) is 43.8 Å². The van der Waals surface area contributed by atoms with Crippen LogP contribution in [0.15, 0.2) is 6.33 Å². The number of hydrogen-bond acceptors (Lipinski definition) is 2. The Morgan fingerprint density at radius 2 is 2.27 bits per heavy atom. The molecule has 0 spiro atoms. The molecule has 0 bridgehead atoms. The molecule has 0 aliphatic heterocycles.